The van der Waals surface area contributed by atoms with Gasteiger partial charge in [0.15, 0.2) is 5.65 Å². The Morgan fingerprint density at radius 1 is 1.11 bits per heavy atom. The van der Waals surface area contributed by atoms with E-state index < -0.39 is 0 Å². The maximum absolute atomic E-state index is 9.39. The second kappa shape index (κ2) is 10.9. The number of benzene rings is 1. The molecule has 8 nitrogen and oxygen atoms in total. The van der Waals surface area contributed by atoms with Crippen molar-refractivity contribution in [2.75, 3.05) is 5.32 Å². The van der Waals surface area contributed by atoms with Gasteiger partial charge in [0.05, 0.1) is 17.4 Å². The standard InChI is InChI=1S/C26H26Cl2N8/c1-15(2)19-13-21(32-25-24(19)16(3)35-36(25)4)20(10-17-8-6-5-7-9-17)33-26(30-14-29)31-18-11-22(27)34-23(28)12-18/h5-9,11-13,15,20H,10H2,1-4H3,(H2,30,31,33,34). The highest BCUT2D eigenvalue weighted by Crippen LogP contribution is 2.30. The highest BCUT2D eigenvalue weighted by molar-refractivity contribution is 6.33. The van der Waals surface area contributed by atoms with Gasteiger partial charge in [0.25, 0.3) is 0 Å². The minimum Gasteiger partial charge on any atom is -0.346 e. The lowest BCUT2D eigenvalue weighted by atomic mass is 9.95. The summed E-state index contributed by atoms with van der Waals surface area (Å²) in [5.41, 5.74) is 5.40. The Morgan fingerprint density at radius 3 is 2.44 bits per heavy atom. The molecule has 0 fully saturated rings. The van der Waals surface area contributed by atoms with Crippen LogP contribution in [-0.4, -0.2) is 25.7 Å². The van der Waals surface area contributed by atoms with Gasteiger partial charge in [0, 0.05) is 18.1 Å². The molecular formula is C26H26Cl2N8. The lowest BCUT2D eigenvalue weighted by Gasteiger charge is -2.23. The average molecular weight is 521 g/mol. The van der Waals surface area contributed by atoms with Crippen LogP contribution in [0.1, 0.15) is 48.3 Å². The SMILES string of the molecule is Cc1nn(C)c2nc(C(Cc3ccccc3)N/C(=N/C#N)Nc3cc(Cl)nc(Cl)c3)cc(C(C)C)c12. The summed E-state index contributed by atoms with van der Waals surface area (Å²) in [6.07, 6.45) is 2.47. The maximum Gasteiger partial charge on any atom is 0.212 e. The molecule has 0 saturated heterocycles. The third kappa shape index (κ3) is 5.76. The van der Waals surface area contributed by atoms with Gasteiger partial charge in [-0.3, -0.25) is 4.68 Å². The Labute approximate surface area is 220 Å². The molecule has 184 valence electrons. The third-order valence-corrected chi connectivity index (χ3v) is 6.17. The van der Waals surface area contributed by atoms with Crippen molar-refractivity contribution in [1.29, 1.82) is 5.26 Å². The molecule has 0 aliphatic rings. The molecule has 0 saturated carbocycles. The fraction of sp³-hybridized carbons (Fsp3) is 0.269. The predicted molar refractivity (Wildman–Crippen MR) is 144 cm³/mol. The summed E-state index contributed by atoms with van der Waals surface area (Å²) in [6.45, 7) is 6.32. The second-order valence-electron chi connectivity index (χ2n) is 8.77. The number of hydrogen-bond donors (Lipinski definition) is 2. The molecule has 3 aromatic heterocycles. The summed E-state index contributed by atoms with van der Waals surface area (Å²) in [7, 11) is 1.90. The van der Waals surface area contributed by atoms with Crippen molar-refractivity contribution < 1.29 is 0 Å². The largest absolute Gasteiger partial charge is 0.346 e. The van der Waals surface area contributed by atoms with E-state index in [4.69, 9.17) is 28.2 Å². The molecular weight excluding hydrogens is 495 g/mol. The van der Waals surface area contributed by atoms with Crippen LogP contribution in [0.15, 0.2) is 53.5 Å². The lowest BCUT2D eigenvalue weighted by Crippen LogP contribution is -2.35. The minimum atomic E-state index is -0.308. The Hall–Kier alpha value is -3.67. The van der Waals surface area contributed by atoms with Crippen LogP contribution in [0, 0.1) is 18.4 Å². The predicted octanol–water partition coefficient (Wildman–Crippen LogP) is 5.92. The van der Waals surface area contributed by atoms with Gasteiger partial charge >= 0.3 is 0 Å². The van der Waals surface area contributed by atoms with Gasteiger partial charge in [-0.05, 0) is 48.6 Å². The number of aliphatic imine (C=N–C) groups is 1. The Kier molecular flexibility index (Phi) is 7.73. The van der Waals surface area contributed by atoms with Crippen LogP contribution in [0.25, 0.3) is 11.0 Å². The van der Waals surface area contributed by atoms with Crippen LogP contribution in [0.4, 0.5) is 5.69 Å². The number of anilines is 1. The number of pyridine rings is 2. The van der Waals surface area contributed by atoms with Crippen LogP contribution >= 0.6 is 23.2 Å². The van der Waals surface area contributed by atoms with E-state index in [-0.39, 0.29) is 28.2 Å². The van der Waals surface area contributed by atoms with Crippen molar-refractivity contribution in [3.63, 3.8) is 0 Å². The Bertz CT molecular complexity index is 1430. The van der Waals surface area contributed by atoms with Gasteiger partial charge in [0.2, 0.25) is 12.2 Å². The van der Waals surface area contributed by atoms with Crippen LogP contribution in [0.3, 0.4) is 0 Å². The Balaban J connectivity index is 1.78. The van der Waals surface area contributed by atoms with E-state index in [1.165, 1.54) is 5.56 Å². The smallest absolute Gasteiger partial charge is 0.212 e. The fourth-order valence-corrected chi connectivity index (χ4v) is 4.66. The summed E-state index contributed by atoms with van der Waals surface area (Å²) in [4.78, 5) is 12.9. The van der Waals surface area contributed by atoms with Crippen LogP contribution in [0.5, 0.6) is 0 Å². The zero-order valence-electron chi connectivity index (χ0n) is 20.4. The number of nitrogens with one attached hydrogen (secondary N) is 2. The molecule has 1 aromatic carbocycles. The summed E-state index contributed by atoms with van der Waals surface area (Å²) in [5, 5.41) is 22.0. The zero-order valence-corrected chi connectivity index (χ0v) is 21.9. The molecule has 0 bridgehead atoms. The Morgan fingerprint density at radius 2 is 1.81 bits per heavy atom. The van der Waals surface area contributed by atoms with Gasteiger partial charge in [-0.2, -0.15) is 10.4 Å². The number of fused-ring (bicyclic) bond motifs is 1. The van der Waals surface area contributed by atoms with Crippen molar-refractivity contribution in [3.8, 4) is 6.19 Å². The van der Waals surface area contributed by atoms with Gasteiger partial charge in [-0.15, -0.1) is 4.99 Å². The molecule has 0 amide bonds. The number of nitrogens with zero attached hydrogens (tertiary/aromatic N) is 6. The highest BCUT2D eigenvalue weighted by atomic mass is 35.5. The lowest BCUT2D eigenvalue weighted by molar-refractivity contribution is 0.621. The molecule has 0 spiro atoms. The topological polar surface area (TPSA) is 104 Å². The van der Waals surface area contributed by atoms with Crippen molar-refractivity contribution in [1.82, 2.24) is 25.1 Å². The molecule has 2 N–H and O–H groups in total. The zero-order chi connectivity index (χ0) is 25.8. The number of aryl methyl sites for hydroxylation is 2. The van der Waals surface area contributed by atoms with Crippen molar-refractivity contribution >= 4 is 45.9 Å². The number of guanidine groups is 1. The molecule has 4 aromatic rings. The maximum atomic E-state index is 9.39. The average Bonchev–Trinajstić information content (AvgIpc) is 3.11. The molecule has 4 rings (SSSR count). The first-order valence-electron chi connectivity index (χ1n) is 11.5. The molecule has 3 heterocycles. The van der Waals surface area contributed by atoms with Gasteiger partial charge in [-0.25, -0.2) is 9.97 Å². The summed E-state index contributed by atoms with van der Waals surface area (Å²) < 4.78 is 1.81. The second-order valence-corrected chi connectivity index (χ2v) is 9.55. The van der Waals surface area contributed by atoms with Crippen molar-refractivity contribution in [3.05, 3.63) is 81.4 Å². The van der Waals surface area contributed by atoms with E-state index in [2.05, 4.69) is 57.8 Å². The van der Waals surface area contributed by atoms with Crippen molar-refractivity contribution in [2.24, 2.45) is 12.0 Å². The first-order chi connectivity index (χ1) is 17.2. The first-order valence-corrected chi connectivity index (χ1v) is 12.2. The van der Waals surface area contributed by atoms with E-state index in [0.29, 0.717) is 12.1 Å². The van der Waals surface area contributed by atoms with Gasteiger partial charge in [0.1, 0.15) is 10.3 Å². The minimum absolute atomic E-state index is 0.224. The van der Waals surface area contributed by atoms with Crippen LogP contribution in [-0.2, 0) is 13.5 Å². The molecule has 1 atom stereocenters. The number of halogens is 2. The number of rotatable bonds is 6. The van der Waals surface area contributed by atoms with Gasteiger partial charge < -0.3 is 10.6 Å². The van der Waals surface area contributed by atoms with Crippen molar-refractivity contribution in [2.45, 2.75) is 39.2 Å². The first kappa shape index (κ1) is 25.4. The highest BCUT2D eigenvalue weighted by Gasteiger charge is 2.22. The van der Waals surface area contributed by atoms with E-state index in [1.54, 1.807) is 12.1 Å². The van der Waals surface area contributed by atoms with Gasteiger partial charge in [-0.1, -0.05) is 67.4 Å². The van der Waals surface area contributed by atoms with E-state index >= 15 is 0 Å². The summed E-state index contributed by atoms with van der Waals surface area (Å²) in [5.74, 6) is 0.506. The van der Waals surface area contributed by atoms with Crippen LogP contribution in [0.2, 0.25) is 10.3 Å². The molecule has 1 unspecified atom stereocenters. The quantitative estimate of drug-likeness (QED) is 0.141. The molecule has 0 radical (unpaired) electrons. The number of nitriles is 1. The summed E-state index contributed by atoms with van der Waals surface area (Å²) >= 11 is 12.1. The fourth-order valence-electron chi connectivity index (χ4n) is 4.20. The molecule has 0 aliphatic heterocycles. The van der Waals surface area contributed by atoms with Crippen LogP contribution < -0.4 is 10.6 Å². The number of aromatic nitrogens is 4. The summed E-state index contributed by atoms with van der Waals surface area (Å²) in [6, 6.07) is 15.1. The van der Waals surface area contributed by atoms with E-state index in [0.717, 1.165) is 28.0 Å². The van der Waals surface area contributed by atoms with E-state index in [9.17, 15) is 5.26 Å². The van der Waals surface area contributed by atoms with E-state index in [1.807, 2.05) is 43.0 Å². The molecule has 36 heavy (non-hydrogen) atoms. The molecule has 10 heteroatoms. The number of hydrogen-bond acceptors (Lipinski definition) is 5. The molecule has 0 aliphatic carbocycles. The monoisotopic (exact) mass is 520 g/mol. The normalized spacial score (nSPS) is 12.6. The third-order valence-electron chi connectivity index (χ3n) is 5.78.